The van der Waals surface area contributed by atoms with Crippen LogP contribution in [0.25, 0.3) is 0 Å². The van der Waals surface area contributed by atoms with Gasteiger partial charge in [-0.05, 0) is 25.2 Å². The average Bonchev–Trinajstić information content (AvgIpc) is 2.53. The van der Waals surface area contributed by atoms with Gasteiger partial charge in [-0.15, -0.1) is 0 Å². The number of likely N-dealkylation sites (tertiary alicyclic amines) is 1. The van der Waals surface area contributed by atoms with Crippen molar-refractivity contribution < 1.29 is 14.3 Å². The molecular formula is C20H30N2O3. The molecule has 0 spiro atoms. The number of hydrogen-bond donors (Lipinski definition) is 1. The van der Waals surface area contributed by atoms with Crippen LogP contribution >= 0.6 is 0 Å². The second-order valence-corrected chi connectivity index (χ2v) is 7.99. The summed E-state index contributed by atoms with van der Waals surface area (Å²) in [6.45, 7) is 9.65. The molecule has 0 unspecified atom stereocenters. The summed E-state index contributed by atoms with van der Waals surface area (Å²) in [6.07, 6.45) is 1.62. The lowest BCUT2D eigenvalue weighted by atomic mass is 9.83. The highest BCUT2D eigenvalue weighted by molar-refractivity contribution is 5.81. The number of nitrogens with two attached hydrogens (primary N) is 1. The molecule has 25 heavy (non-hydrogen) atoms. The number of nitrogens with zero attached hydrogens (tertiary/aromatic N) is 1. The molecular weight excluding hydrogens is 316 g/mol. The third kappa shape index (κ3) is 4.53. The lowest BCUT2D eigenvalue weighted by Crippen LogP contribution is -2.42. The minimum absolute atomic E-state index is 0.0605. The third-order valence-electron chi connectivity index (χ3n) is 4.91. The minimum atomic E-state index is -0.262. The predicted molar refractivity (Wildman–Crippen MR) is 98.6 cm³/mol. The fraction of sp³-hybridized carbons (Fsp3) is 0.600. The van der Waals surface area contributed by atoms with E-state index in [4.69, 9.17) is 10.5 Å². The molecule has 1 aliphatic rings. The van der Waals surface area contributed by atoms with Gasteiger partial charge in [0.15, 0.2) is 0 Å². The molecule has 0 atom stereocenters. The van der Waals surface area contributed by atoms with Gasteiger partial charge in [-0.2, -0.15) is 0 Å². The zero-order chi connectivity index (χ0) is 18.8. The lowest BCUT2D eigenvalue weighted by Gasteiger charge is -2.31. The van der Waals surface area contributed by atoms with Gasteiger partial charge in [0, 0.05) is 30.1 Å². The Kier molecular flexibility index (Phi) is 5.76. The van der Waals surface area contributed by atoms with Crippen molar-refractivity contribution in [2.45, 2.75) is 52.4 Å². The van der Waals surface area contributed by atoms with Gasteiger partial charge in [-0.3, -0.25) is 9.59 Å². The van der Waals surface area contributed by atoms with Crippen LogP contribution in [0, 0.1) is 12.8 Å². The van der Waals surface area contributed by atoms with Crippen LogP contribution in [0.15, 0.2) is 12.1 Å². The molecule has 1 aliphatic heterocycles. The molecule has 0 radical (unpaired) electrons. The van der Waals surface area contributed by atoms with Crippen molar-refractivity contribution in [2.24, 2.45) is 11.7 Å². The van der Waals surface area contributed by atoms with Crippen LogP contribution in [0.1, 0.15) is 50.3 Å². The van der Waals surface area contributed by atoms with E-state index in [1.807, 2.05) is 17.9 Å². The molecule has 2 rings (SSSR count). The molecule has 1 fully saturated rings. The number of rotatable bonds is 4. The molecule has 0 saturated carbocycles. The summed E-state index contributed by atoms with van der Waals surface area (Å²) in [5, 5.41) is 0. The number of carbonyl (C=O) groups excluding carboxylic acids is 2. The second-order valence-electron chi connectivity index (χ2n) is 7.99. The first-order chi connectivity index (χ1) is 11.6. The largest absolute Gasteiger partial charge is 0.496 e. The van der Waals surface area contributed by atoms with Crippen molar-refractivity contribution in [3.63, 3.8) is 0 Å². The fourth-order valence-corrected chi connectivity index (χ4v) is 3.47. The van der Waals surface area contributed by atoms with Gasteiger partial charge in [0.25, 0.3) is 0 Å². The quantitative estimate of drug-likeness (QED) is 0.911. The maximum absolute atomic E-state index is 12.7. The van der Waals surface area contributed by atoms with Gasteiger partial charge in [0.2, 0.25) is 11.8 Å². The van der Waals surface area contributed by atoms with Crippen LogP contribution in [0.4, 0.5) is 0 Å². The Morgan fingerprint density at radius 3 is 2.32 bits per heavy atom. The zero-order valence-electron chi connectivity index (χ0n) is 16.0. The van der Waals surface area contributed by atoms with Gasteiger partial charge >= 0.3 is 0 Å². The van der Waals surface area contributed by atoms with E-state index in [1.54, 1.807) is 7.11 Å². The Morgan fingerprint density at radius 2 is 1.84 bits per heavy atom. The zero-order valence-corrected chi connectivity index (χ0v) is 16.0. The third-order valence-corrected chi connectivity index (χ3v) is 4.91. The summed E-state index contributed by atoms with van der Waals surface area (Å²) in [7, 11) is 1.66. The highest BCUT2D eigenvalue weighted by atomic mass is 16.5. The number of carbonyl (C=O) groups is 2. The number of benzene rings is 1. The number of primary amides is 1. The van der Waals surface area contributed by atoms with Crippen LogP contribution in [-0.4, -0.2) is 36.9 Å². The molecule has 138 valence electrons. The summed E-state index contributed by atoms with van der Waals surface area (Å²) in [5.74, 6) is 0.512. The van der Waals surface area contributed by atoms with E-state index >= 15 is 0 Å². The first-order valence-electron chi connectivity index (χ1n) is 8.88. The molecule has 1 aromatic carbocycles. The van der Waals surface area contributed by atoms with Crippen molar-refractivity contribution in [3.8, 4) is 5.75 Å². The van der Waals surface area contributed by atoms with Crippen molar-refractivity contribution >= 4 is 11.8 Å². The molecule has 0 aromatic heterocycles. The standard InChI is InChI=1S/C20H30N2O3/c1-13-10-15(18(25-5)16(11-13)20(2,3)4)12-17(23)22-8-6-14(7-9-22)19(21)24/h10-11,14H,6-9,12H2,1-5H3,(H2,21,24). The minimum Gasteiger partial charge on any atom is -0.496 e. The van der Waals surface area contributed by atoms with Gasteiger partial charge in [0.1, 0.15) is 5.75 Å². The SMILES string of the molecule is COc1c(CC(=O)N2CCC(C(N)=O)CC2)cc(C)cc1C(C)(C)C. The molecule has 2 N–H and O–H groups in total. The fourth-order valence-electron chi connectivity index (χ4n) is 3.47. The number of piperidine rings is 1. The van der Waals surface area contributed by atoms with Crippen LogP contribution in [0.5, 0.6) is 5.75 Å². The summed E-state index contributed by atoms with van der Waals surface area (Å²) in [5.41, 5.74) is 8.47. The molecule has 2 amide bonds. The van der Waals surface area contributed by atoms with E-state index in [2.05, 4.69) is 26.8 Å². The maximum Gasteiger partial charge on any atom is 0.227 e. The van der Waals surface area contributed by atoms with Crippen molar-refractivity contribution in [1.82, 2.24) is 4.90 Å². The van der Waals surface area contributed by atoms with Gasteiger partial charge < -0.3 is 15.4 Å². The van der Waals surface area contributed by atoms with Gasteiger partial charge in [0.05, 0.1) is 13.5 Å². The Hall–Kier alpha value is -2.04. The normalized spacial score (nSPS) is 16.0. The first-order valence-corrected chi connectivity index (χ1v) is 8.88. The summed E-state index contributed by atoms with van der Waals surface area (Å²) < 4.78 is 5.66. The molecule has 5 nitrogen and oxygen atoms in total. The number of aryl methyl sites for hydroxylation is 1. The molecule has 5 heteroatoms. The monoisotopic (exact) mass is 346 g/mol. The van der Waals surface area contributed by atoms with Crippen LogP contribution < -0.4 is 10.5 Å². The van der Waals surface area contributed by atoms with E-state index in [0.717, 1.165) is 22.4 Å². The van der Waals surface area contributed by atoms with Gasteiger partial charge in [-0.25, -0.2) is 0 Å². The van der Waals surface area contributed by atoms with Crippen LogP contribution in [0.3, 0.4) is 0 Å². The van der Waals surface area contributed by atoms with E-state index in [9.17, 15) is 9.59 Å². The Labute approximate surface area is 150 Å². The van der Waals surface area contributed by atoms with E-state index < -0.39 is 0 Å². The predicted octanol–water partition coefficient (Wildman–Crippen LogP) is 2.57. The smallest absolute Gasteiger partial charge is 0.227 e. The molecule has 0 aliphatic carbocycles. The number of hydrogen-bond acceptors (Lipinski definition) is 3. The Balaban J connectivity index is 2.18. The molecule has 1 saturated heterocycles. The highest BCUT2D eigenvalue weighted by Gasteiger charge is 2.27. The van der Waals surface area contributed by atoms with Crippen molar-refractivity contribution in [2.75, 3.05) is 20.2 Å². The number of amides is 2. The van der Waals surface area contributed by atoms with E-state index in [0.29, 0.717) is 32.4 Å². The highest BCUT2D eigenvalue weighted by Crippen LogP contribution is 2.35. The summed E-state index contributed by atoms with van der Waals surface area (Å²) >= 11 is 0. The lowest BCUT2D eigenvalue weighted by molar-refractivity contribution is -0.134. The Morgan fingerprint density at radius 1 is 1.24 bits per heavy atom. The van der Waals surface area contributed by atoms with Crippen LogP contribution in [0.2, 0.25) is 0 Å². The molecule has 1 aromatic rings. The number of methoxy groups -OCH3 is 1. The maximum atomic E-state index is 12.7. The first kappa shape index (κ1) is 19.3. The Bertz CT molecular complexity index is 654. The topological polar surface area (TPSA) is 72.6 Å². The summed E-state index contributed by atoms with van der Waals surface area (Å²) in [6, 6.07) is 4.16. The van der Waals surface area contributed by atoms with E-state index in [1.165, 1.54) is 0 Å². The number of ether oxygens (including phenoxy) is 1. The van der Waals surface area contributed by atoms with Crippen molar-refractivity contribution in [3.05, 3.63) is 28.8 Å². The molecule has 0 bridgehead atoms. The van der Waals surface area contributed by atoms with Gasteiger partial charge in [-0.1, -0.05) is 38.5 Å². The molecule has 1 heterocycles. The second kappa shape index (κ2) is 7.46. The van der Waals surface area contributed by atoms with Crippen molar-refractivity contribution in [1.29, 1.82) is 0 Å². The average molecular weight is 346 g/mol. The summed E-state index contributed by atoms with van der Waals surface area (Å²) in [4.78, 5) is 25.8. The van der Waals surface area contributed by atoms with Crippen LogP contribution in [-0.2, 0) is 21.4 Å². The van der Waals surface area contributed by atoms with E-state index in [-0.39, 0.29) is 23.1 Å².